The van der Waals surface area contributed by atoms with E-state index >= 15 is 0 Å². The molecule has 0 bridgehead atoms. The van der Waals surface area contributed by atoms with Crippen molar-refractivity contribution in [3.05, 3.63) is 41.2 Å². The quantitative estimate of drug-likeness (QED) is 0.851. The second-order valence-electron chi connectivity index (χ2n) is 3.84. The Morgan fingerprint density at radius 1 is 1.56 bits per heavy atom. The number of nitrogens with zero attached hydrogens (tertiary/aromatic N) is 4. The van der Waals surface area contributed by atoms with Gasteiger partial charge in [0.15, 0.2) is 5.82 Å². The van der Waals surface area contributed by atoms with Gasteiger partial charge < -0.3 is 9.88 Å². The van der Waals surface area contributed by atoms with Crippen LogP contribution in [-0.4, -0.2) is 25.7 Å². The Morgan fingerprint density at radius 2 is 2.33 bits per heavy atom. The topological polar surface area (TPSA) is 72.7 Å². The second kappa shape index (κ2) is 5.14. The van der Waals surface area contributed by atoms with Crippen LogP contribution >= 0.6 is 11.6 Å². The van der Waals surface area contributed by atoms with Crippen molar-refractivity contribution in [2.24, 2.45) is 7.05 Å². The van der Waals surface area contributed by atoms with E-state index in [-0.39, 0.29) is 17.1 Å². The van der Waals surface area contributed by atoms with Crippen molar-refractivity contribution in [3.63, 3.8) is 0 Å². The van der Waals surface area contributed by atoms with Crippen molar-refractivity contribution >= 4 is 17.5 Å². The normalized spacial score (nSPS) is 12.2. The Balaban J connectivity index is 2.13. The van der Waals surface area contributed by atoms with E-state index in [1.807, 2.05) is 14.0 Å². The lowest BCUT2D eigenvalue weighted by molar-refractivity contribution is 0.0937. The summed E-state index contributed by atoms with van der Waals surface area (Å²) in [4.78, 5) is 15.8. The van der Waals surface area contributed by atoms with Crippen LogP contribution < -0.4 is 5.32 Å². The van der Waals surface area contributed by atoms with Gasteiger partial charge in [0.1, 0.15) is 11.5 Å². The van der Waals surface area contributed by atoms with Gasteiger partial charge in [0.2, 0.25) is 0 Å². The molecule has 0 spiro atoms. The maximum Gasteiger partial charge on any atom is 0.254 e. The summed E-state index contributed by atoms with van der Waals surface area (Å²) in [5, 5.41) is 10.7. The molecule has 0 aliphatic rings. The molecule has 7 heteroatoms. The van der Waals surface area contributed by atoms with Crippen LogP contribution in [-0.2, 0) is 7.05 Å². The van der Waals surface area contributed by atoms with Gasteiger partial charge in [0, 0.05) is 13.2 Å². The average molecular weight is 266 g/mol. The number of aromatic nitrogens is 4. The zero-order valence-electron chi connectivity index (χ0n) is 9.96. The molecule has 1 unspecified atom stereocenters. The number of rotatable bonds is 3. The lowest BCUT2D eigenvalue weighted by atomic mass is 10.2. The first-order valence-corrected chi connectivity index (χ1v) is 5.72. The van der Waals surface area contributed by atoms with Crippen molar-refractivity contribution < 1.29 is 4.79 Å². The van der Waals surface area contributed by atoms with Gasteiger partial charge >= 0.3 is 0 Å². The monoisotopic (exact) mass is 265 g/mol. The standard InChI is InChI=1S/C11H12ClN5O/c1-7(10-16-14-6-17(10)2)15-11(18)8-4-3-5-13-9(8)12/h3-7H,1-2H3,(H,15,18). The highest BCUT2D eigenvalue weighted by molar-refractivity contribution is 6.32. The second-order valence-corrected chi connectivity index (χ2v) is 4.19. The van der Waals surface area contributed by atoms with Crippen molar-refractivity contribution in [3.8, 4) is 0 Å². The predicted molar refractivity (Wildman–Crippen MR) is 66.1 cm³/mol. The van der Waals surface area contributed by atoms with Crippen molar-refractivity contribution in [2.45, 2.75) is 13.0 Å². The summed E-state index contributed by atoms with van der Waals surface area (Å²) in [6, 6.07) is 3.02. The fourth-order valence-corrected chi connectivity index (χ4v) is 1.78. The molecule has 2 heterocycles. The molecule has 1 amide bonds. The molecule has 0 aliphatic heterocycles. The summed E-state index contributed by atoms with van der Waals surface area (Å²) < 4.78 is 1.75. The number of hydrogen-bond acceptors (Lipinski definition) is 4. The third kappa shape index (κ3) is 2.48. The first kappa shape index (κ1) is 12.5. The molecule has 2 aromatic heterocycles. The predicted octanol–water partition coefficient (Wildman–Crippen LogP) is 1.35. The molecule has 94 valence electrons. The number of hydrogen-bond donors (Lipinski definition) is 1. The fourth-order valence-electron chi connectivity index (χ4n) is 1.58. The number of amides is 1. The highest BCUT2D eigenvalue weighted by Gasteiger charge is 2.17. The van der Waals surface area contributed by atoms with E-state index in [1.54, 1.807) is 23.0 Å². The summed E-state index contributed by atoms with van der Waals surface area (Å²) >= 11 is 5.85. The molecule has 0 saturated carbocycles. The van der Waals surface area contributed by atoms with Crippen LogP contribution in [0.5, 0.6) is 0 Å². The molecular weight excluding hydrogens is 254 g/mol. The van der Waals surface area contributed by atoms with Gasteiger partial charge in [0.25, 0.3) is 5.91 Å². The van der Waals surface area contributed by atoms with Crippen molar-refractivity contribution in [2.75, 3.05) is 0 Å². The van der Waals surface area contributed by atoms with E-state index in [0.717, 1.165) is 0 Å². The molecule has 0 aromatic carbocycles. The number of carbonyl (C=O) groups excluding carboxylic acids is 1. The number of nitrogens with one attached hydrogen (secondary N) is 1. The summed E-state index contributed by atoms with van der Waals surface area (Å²) in [5.74, 6) is 0.381. The van der Waals surface area contributed by atoms with Gasteiger partial charge in [-0.3, -0.25) is 4.79 Å². The lowest BCUT2D eigenvalue weighted by Crippen LogP contribution is -2.28. The van der Waals surface area contributed by atoms with Gasteiger partial charge in [-0.1, -0.05) is 11.6 Å². The average Bonchev–Trinajstić information content (AvgIpc) is 2.76. The molecular formula is C11H12ClN5O. The molecule has 6 nitrogen and oxygen atoms in total. The summed E-state index contributed by atoms with van der Waals surface area (Å²) in [7, 11) is 1.81. The van der Waals surface area contributed by atoms with E-state index in [2.05, 4.69) is 20.5 Å². The third-order valence-electron chi connectivity index (χ3n) is 2.49. The Kier molecular flexibility index (Phi) is 3.57. The van der Waals surface area contributed by atoms with Crippen LogP contribution in [0.2, 0.25) is 5.15 Å². The summed E-state index contributed by atoms with van der Waals surface area (Å²) in [6.07, 6.45) is 3.11. The SMILES string of the molecule is CC(NC(=O)c1cccnc1Cl)c1nncn1C. The lowest BCUT2D eigenvalue weighted by Gasteiger charge is -2.13. The number of pyridine rings is 1. The maximum absolute atomic E-state index is 12.0. The Labute approximate surface area is 109 Å². The molecule has 0 saturated heterocycles. The van der Waals surface area contributed by atoms with Crippen LogP contribution in [0.25, 0.3) is 0 Å². The molecule has 0 radical (unpaired) electrons. The minimum Gasteiger partial charge on any atom is -0.342 e. The van der Waals surface area contributed by atoms with Gasteiger partial charge in [-0.05, 0) is 19.1 Å². The molecule has 0 fully saturated rings. The molecule has 1 atom stereocenters. The minimum atomic E-state index is -0.288. The number of aryl methyl sites for hydroxylation is 1. The maximum atomic E-state index is 12.0. The fraction of sp³-hybridized carbons (Fsp3) is 0.273. The first-order chi connectivity index (χ1) is 8.59. The van der Waals surface area contributed by atoms with Gasteiger partial charge in [-0.15, -0.1) is 10.2 Å². The van der Waals surface area contributed by atoms with E-state index < -0.39 is 0 Å². The molecule has 2 aromatic rings. The zero-order valence-corrected chi connectivity index (χ0v) is 10.7. The highest BCUT2D eigenvalue weighted by atomic mass is 35.5. The van der Waals surface area contributed by atoms with E-state index in [4.69, 9.17) is 11.6 Å². The smallest absolute Gasteiger partial charge is 0.254 e. The van der Waals surface area contributed by atoms with E-state index in [0.29, 0.717) is 11.4 Å². The van der Waals surface area contributed by atoms with Crippen LogP contribution in [0.1, 0.15) is 29.1 Å². The van der Waals surface area contributed by atoms with Gasteiger partial charge in [0.05, 0.1) is 11.6 Å². The molecule has 1 N–H and O–H groups in total. The van der Waals surface area contributed by atoms with Gasteiger partial charge in [-0.25, -0.2) is 4.98 Å². The summed E-state index contributed by atoms with van der Waals surface area (Å²) in [6.45, 7) is 1.83. The Morgan fingerprint density at radius 3 is 2.94 bits per heavy atom. The Bertz CT molecular complexity index is 568. The van der Waals surface area contributed by atoms with E-state index in [9.17, 15) is 4.79 Å². The minimum absolute atomic E-state index is 0.181. The largest absolute Gasteiger partial charge is 0.342 e. The zero-order chi connectivity index (χ0) is 13.1. The molecule has 18 heavy (non-hydrogen) atoms. The highest BCUT2D eigenvalue weighted by Crippen LogP contribution is 2.14. The Hall–Kier alpha value is -1.95. The molecule has 2 rings (SSSR count). The van der Waals surface area contributed by atoms with Crippen LogP contribution in [0.3, 0.4) is 0 Å². The van der Waals surface area contributed by atoms with Crippen molar-refractivity contribution in [1.82, 2.24) is 25.1 Å². The van der Waals surface area contributed by atoms with Crippen molar-refractivity contribution in [1.29, 1.82) is 0 Å². The summed E-state index contributed by atoms with van der Waals surface area (Å²) in [5.41, 5.74) is 0.341. The third-order valence-corrected chi connectivity index (χ3v) is 2.79. The van der Waals surface area contributed by atoms with Gasteiger partial charge in [-0.2, -0.15) is 0 Å². The first-order valence-electron chi connectivity index (χ1n) is 5.35. The van der Waals surface area contributed by atoms with Crippen LogP contribution in [0.4, 0.5) is 0 Å². The van der Waals surface area contributed by atoms with E-state index in [1.165, 1.54) is 6.20 Å². The number of carbonyl (C=O) groups is 1. The number of halogens is 1. The van der Waals surface area contributed by atoms with Crippen LogP contribution in [0, 0.1) is 0 Å². The molecule has 0 aliphatic carbocycles. The van der Waals surface area contributed by atoms with Crippen LogP contribution in [0.15, 0.2) is 24.7 Å².